The molecule has 86 valence electrons. The Morgan fingerprint density at radius 2 is 2.19 bits per heavy atom. The maximum absolute atomic E-state index is 11.3. The Labute approximate surface area is 102 Å². The first kappa shape index (κ1) is 12.7. The number of benzene rings is 1. The quantitative estimate of drug-likeness (QED) is 0.792. The molecule has 0 radical (unpaired) electrons. The highest BCUT2D eigenvalue weighted by Gasteiger charge is 2.06. The van der Waals surface area contributed by atoms with E-state index in [9.17, 15) is 9.59 Å². The first-order valence-corrected chi connectivity index (χ1v) is 5.41. The van der Waals surface area contributed by atoms with E-state index >= 15 is 0 Å². The van der Waals surface area contributed by atoms with Crippen molar-refractivity contribution in [1.82, 2.24) is 4.90 Å². The molecule has 0 fully saturated rings. The summed E-state index contributed by atoms with van der Waals surface area (Å²) in [5.41, 5.74) is 0.495. The van der Waals surface area contributed by atoms with Gasteiger partial charge in [-0.3, -0.25) is 9.59 Å². The maximum Gasteiger partial charge on any atom is 0.259 e. The number of ether oxygens (including phenoxy) is 1. The second-order valence-electron chi connectivity index (χ2n) is 3.38. The van der Waals surface area contributed by atoms with E-state index in [-0.39, 0.29) is 12.5 Å². The minimum atomic E-state index is -0.129. The number of aldehydes is 1. The summed E-state index contributed by atoms with van der Waals surface area (Å²) < 4.78 is 5.96. The van der Waals surface area contributed by atoms with Gasteiger partial charge in [-0.25, -0.2) is 0 Å². The van der Waals surface area contributed by atoms with Crippen LogP contribution in [0.3, 0.4) is 0 Å². The van der Waals surface area contributed by atoms with E-state index in [1.807, 2.05) is 0 Å². The van der Waals surface area contributed by atoms with Gasteiger partial charge in [0, 0.05) is 24.1 Å². The highest BCUT2D eigenvalue weighted by atomic mass is 79.9. The average Bonchev–Trinajstić information content (AvgIpc) is 2.27. The molecule has 1 rings (SSSR count). The van der Waals surface area contributed by atoms with Crippen molar-refractivity contribution in [2.75, 3.05) is 20.7 Å². The Morgan fingerprint density at radius 1 is 1.50 bits per heavy atom. The van der Waals surface area contributed by atoms with Gasteiger partial charge in [0.25, 0.3) is 5.91 Å². The van der Waals surface area contributed by atoms with Crippen LogP contribution in [0.1, 0.15) is 10.4 Å². The molecule has 0 bridgehead atoms. The van der Waals surface area contributed by atoms with Gasteiger partial charge in [-0.2, -0.15) is 0 Å². The van der Waals surface area contributed by atoms with Gasteiger partial charge in [0.1, 0.15) is 5.75 Å². The van der Waals surface area contributed by atoms with Gasteiger partial charge in [-0.05, 0) is 18.2 Å². The number of likely N-dealkylation sites (N-methyl/N-ethyl adjacent to an activating group) is 1. The van der Waals surface area contributed by atoms with Crippen LogP contribution in [0.15, 0.2) is 22.7 Å². The number of hydrogen-bond acceptors (Lipinski definition) is 3. The van der Waals surface area contributed by atoms with Crippen LogP contribution < -0.4 is 4.74 Å². The van der Waals surface area contributed by atoms with Crippen LogP contribution in [-0.2, 0) is 4.79 Å². The van der Waals surface area contributed by atoms with Crippen LogP contribution in [0.4, 0.5) is 0 Å². The normalized spacial score (nSPS) is 9.69. The number of halogens is 1. The molecular weight excluding hydrogens is 274 g/mol. The third-order valence-electron chi connectivity index (χ3n) is 1.96. The molecule has 0 aliphatic rings. The van der Waals surface area contributed by atoms with Crippen LogP contribution in [0.25, 0.3) is 0 Å². The minimum Gasteiger partial charge on any atom is -0.484 e. The molecule has 0 aromatic heterocycles. The number of hydrogen-bond donors (Lipinski definition) is 0. The number of carbonyl (C=O) groups excluding carboxylic acids is 2. The first-order valence-electron chi connectivity index (χ1n) is 4.62. The van der Waals surface area contributed by atoms with Gasteiger partial charge >= 0.3 is 0 Å². The molecule has 5 heteroatoms. The fourth-order valence-corrected chi connectivity index (χ4v) is 1.32. The largest absolute Gasteiger partial charge is 0.484 e. The van der Waals surface area contributed by atoms with Crippen LogP contribution in [0, 0.1) is 0 Å². The summed E-state index contributed by atoms with van der Waals surface area (Å²) in [5, 5.41) is 0. The van der Waals surface area contributed by atoms with E-state index in [4.69, 9.17) is 4.74 Å². The van der Waals surface area contributed by atoms with Gasteiger partial charge in [-0.15, -0.1) is 0 Å². The summed E-state index contributed by atoms with van der Waals surface area (Å²) in [5.74, 6) is 0.371. The predicted molar refractivity (Wildman–Crippen MR) is 63.7 cm³/mol. The Balaban J connectivity index is 2.68. The molecule has 0 saturated heterocycles. The average molecular weight is 286 g/mol. The summed E-state index contributed by atoms with van der Waals surface area (Å²) in [6, 6.07) is 4.99. The molecule has 0 aliphatic heterocycles. The lowest BCUT2D eigenvalue weighted by Crippen LogP contribution is -2.27. The fourth-order valence-electron chi connectivity index (χ4n) is 0.976. The Kier molecular flexibility index (Phi) is 4.49. The molecule has 1 aromatic carbocycles. The SMILES string of the molecule is CN(C)C(=O)COc1ccc(Br)c(C=O)c1. The van der Waals surface area contributed by atoms with E-state index in [0.717, 1.165) is 6.29 Å². The molecule has 1 amide bonds. The van der Waals surface area contributed by atoms with Crippen molar-refractivity contribution < 1.29 is 14.3 Å². The third-order valence-corrected chi connectivity index (χ3v) is 2.68. The molecule has 16 heavy (non-hydrogen) atoms. The van der Waals surface area contributed by atoms with Crippen LogP contribution in [-0.4, -0.2) is 37.8 Å². The maximum atomic E-state index is 11.3. The molecule has 0 spiro atoms. The Morgan fingerprint density at radius 3 is 2.75 bits per heavy atom. The molecule has 0 saturated carbocycles. The van der Waals surface area contributed by atoms with E-state index < -0.39 is 0 Å². The zero-order chi connectivity index (χ0) is 12.1. The highest BCUT2D eigenvalue weighted by molar-refractivity contribution is 9.10. The topological polar surface area (TPSA) is 46.6 Å². The van der Waals surface area contributed by atoms with E-state index in [1.54, 1.807) is 32.3 Å². The van der Waals surface area contributed by atoms with Gasteiger partial charge in [0.2, 0.25) is 0 Å². The zero-order valence-corrected chi connectivity index (χ0v) is 10.7. The summed E-state index contributed by atoms with van der Waals surface area (Å²) in [6.45, 7) is -0.0348. The van der Waals surface area contributed by atoms with Gasteiger partial charge in [0.05, 0.1) is 0 Å². The number of carbonyl (C=O) groups is 2. The number of nitrogens with zero attached hydrogens (tertiary/aromatic N) is 1. The lowest BCUT2D eigenvalue weighted by atomic mass is 10.2. The van der Waals surface area contributed by atoms with E-state index in [1.165, 1.54) is 4.90 Å². The van der Waals surface area contributed by atoms with Crippen LogP contribution >= 0.6 is 15.9 Å². The van der Waals surface area contributed by atoms with Crippen LogP contribution in [0.5, 0.6) is 5.75 Å². The summed E-state index contributed by atoms with van der Waals surface area (Å²) >= 11 is 3.23. The predicted octanol–water partition coefficient (Wildman–Crippen LogP) is 1.73. The number of amides is 1. The monoisotopic (exact) mass is 285 g/mol. The molecule has 0 atom stereocenters. The van der Waals surface area contributed by atoms with Crippen molar-refractivity contribution in [2.24, 2.45) is 0 Å². The molecule has 0 unspecified atom stereocenters. The molecule has 0 N–H and O–H groups in total. The molecular formula is C11H12BrNO3. The van der Waals surface area contributed by atoms with Crippen molar-refractivity contribution in [1.29, 1.82) is 0 Å². The van der Waals surface area contributed by atoms with Crippen molar-refractivity contribution in [2.45, 2.75) is 0 Å². The standard InChI is InChI=1S/C11H12BrNO3/c1-13(2)11(15)7-16-9-3-4-10(12)8(5-9)6-14/h3-6H,7H2,1-2H3. The van der Waals surface area contributed by atoms with Gasteiger partial charge in [0.15, 0.2) is 12.9 Å². The third kappa shape index (κ3) is 3.34. The zero-order valence-electron chi connectivity index (χ0n) is 9.07. The van der Waals surface area contributed by atoms with Gasteiger partial charge in [-0.1, -0.05) is 15.9 Å². The highest BCUT2D eigenvalue weighted by Crippen LogP contribution is 2.21. The lowest BCUT2D eigenvalue weighted by Gasteiger charge is -2.11. The van der Waals surface area contributed by atoms with Gasteiger partial charge < -0.3 is 9.64 Å². The summed E-state index contributed by atoms with van der Waals surface area (Å²) in [4.78, 5) is 23.4. The molecule has 0 aliphatic carbocycles. The van der Waals surface area contributed by atoms with Crippen molar-refractivity contribution >= 4 is 28.1 Å². The Bertz CT molecular complexity index is 404. The van der Waals surface area contributed by atoms with Crippen molar-refractivity contribution in [3.05, 3.63) is 28.2 Å². The summed E-state index contributed by atoms with van der Waals surface area (Å²) in [6.07, 6.45) is 0.727. The summed E-state index contributed by atoms with van der Waals surface area (Å²) in [7, 11) is 3.31. The first-order chi connectivity index (χ1) is 7.54. The molecule has 4 nitrogen and oxygen atoms in total. The minimum absolute atomic E-state index is 0.0348. The van der Waals surface area contributed by atoms with E-state index in [2.05, 4.69) is 15.9 Å². The number of rotatable bonds is 4. The lowest BCUT2D eigenvalue weighted by molar-refractivity contribution is -0.130. The van der Waals surface area contributed by atoms with Crippen molar-refractivity contribution in [3.8, 4) is 5.75 Å². The van der Waals surface area contributed by atoms with Crippen molar-refractivity contribution in [3.63, 3.8) is 0 Å². The fraction of sp³-hybridized carbons (Fsp3) is 0.273. The Hall–Kier alpha value is -1.36. The molecule has 1 aromatic rings. The van der Waals surface area contributed by atoms with E-state index in [0.29, 0.717) is 15.8 Å². The van der Waals surface area contributed by atoms with Crippen LogP contribution in [0.2, 0.25) is 0 Å². The molecule has 0 heterocycles. The second-order valence-corrected chi connectivity index (χ2v) is 4.23. The smallest absolute Gasteiger partial charge is 0.259 e. The second kappa shape index (κ2) is 5.65.